The first-order valence-electron chi connectivity index (χ1n) is 9.08. The summed E-state index contributed by atoms with van der Waals surface area (Å²) in [7, 11) is 0. The van der Waals surface area contributed by atoms with Crippen LogP contribution in [0.4, 0.5) is 8.78 Å². The number of piperidine rings is 1. The molecular weight excluding hydrogens is 368 g/mol. The van der Waals surface area contributed by atoms with Gasteiger partial charge in [-0.2, -0.15) is 8.78 Å². The molecule has 7 nitrogen and oxygen atoms in total. The van der Waals surface area contributed by atoms with Crippen LogP contribution in [0.15, 0.2) is 41.5 Å². The molecule has 0 aliphatic carbocycles. The summed E-state index contributed by atoms with van der Waals surface area (Å²) in [4.78, 5) is 26.2. The first-order valence-corrected chi connectivity index (χ1v) is 9.08. The van der Waals surface area contributed by atoms with Gasteiger partial charge in [-0.15, -0.1) is 0 Å². The third kappa shape index (κ3) is 3.70. The molecule has 0 spiro atoms. The summed E-state index contributed by atoms with van der Waals surface area (Å²) in [5, 5.41) is 3.27. The Hall–Kier alpha value is -2.94. The van der Waals surface area contributed by atoms with E-state index < -0.39 is 6.61 Å². The van der Waals surface area contributed by atoms with Crippen molar-refractivity contribution in [3.05, 3.63) is 58.3 Å². The Morgan fingerprint density at radius 2 is 1.93 bits per heavy atom. The standard InChI is InChI=1S/C19H19F2N5O2/c20-19(21)28-14-4-2-1-3-13(14)11-26-17-16(23-9-10-24-17)25-15(18(26)27)12-5-7-22-8-6-12/h1-4,9-10,12,19,22H,5-8,11H2. The molecule has 28 heavy (non-hydrogen) atoms. The predicted octanol–water partition coefficient (Wildman–Crippen LogP) is 2.30. The van der Waals surface area contributed by atoms with Crippen LogP contribution in [0.1, 0.15) is 30.0 Å². The van der Waals surface area contributed by atoms with E-state index in [1.54, 1.807) is 18.2 Å². The minimum atomic E-state index is -2.95. The molecule has 9 heteroatoms. The van der Waals surface area contributed by atoms with E-state index in [4.69, 9.17) is 0 Å². The number of alkyl halides is 2. The van der Waals surface area contributed by atoms with Gasteiger partial charge in [0.25, 0.3) is 5.56 Å². The van der Waals surface area contributed by atoms with E-state index in [1.165, 1.54) is 23.0 Å². The molecule has 0 unspecified atom stereocenters. The van der Waals surface area contributed by atoms with E-state index in [0.29, 0.717) is 22.6 Å². The topological polar surface area (TPSA) is 81.9 Å². The number of ether oxygens (including phenoxy) is 1. The van der Waals surface area contributed by atoms with Crippen molar-refractivity contribution in [3.8, 4) is 5.75 Å². The molecule has 1 aliphatic heterocycles. The Morgan fingerprint density at radius 3 is 2.71 bits per heavy atom. The minimum absolute atomic E-state index is 0.0268. The molecule has 0 atom stereocenters. The van der Waals surface area contributed by atoms with Crippen LogP contribution in [0.2, 0.25) is 0 Å². The first-order chi connectivity index (χ1) is 13.6. The van der Waals surface area contributed by atoms with Crippen molar-refractivity contribution < 1.29 is 13.5 Å². The van der Waals surface area contributed by atoms with Gasteiger partial charge in [-0.1, -0.05) is 18.2 Å². The molecule has 1 aromatic carbocycles. The molecule has 3 aromatic rings. The highest BCUT2D eigenvalue weighted by molar-refractivity contribution is 5.64. The molecule has 1 saturated heterocycles. The average molecular weight is 387 g/mol. The van der Waals surface area contributed by atoms with Gasteiger partial charge in [0.2, 0.25) is 0 Å². The van der Waals surface area contributed by atoms with Crippen molar-refractivity contribution in [2.75, 3.05) is 13.1 Å². The minimum Gasteiger partial charge on any atom is -0.434 e. The van der Waals surface area contributed by atoms with Gasteiger partial charge in [-0.3, -0.25) is 9.36 Å². The van der Waals surface area contributed by atoms with Crippen LogP contribution in [0.5, 0.6) is 5.75 Å². The Bertz CT molecular complexity index is 1030. The number of hydrogen-bond acceptors (Lipinski definition) is 6. The highest BCUT2D eigenvalue weighted by atomic mass is 19.3. The van der Waals surface area contributed by atoms with Crippen molar-refractivity contribution in [1.29, 1.82) is 0 Å². The lowest BCUT2D eigenvalue weighted by molar-refractivity contribution is -0.0504. The van der Waals surface area contributed by atoms with E-state index in [-0.39, 0.29) is 23.8 Å². The van der Waals surface area contributed by atoms with E-state index in [2.05, 4.69) is 25.0 Å². The molecule has 2 aromatic heterocycles. The molecule has 1 fully saturated rings. The van der Waals surface area contributed by atoms with Gasteiger partial charge in [-0.05, 0) is 32.0 Å². The van der Waals surface area contributed by atoms with E-state index in [0.717, 1.165) is 25.9 Å². The smallest absolute Gasteiger partial charge is 0.387 e. The maximum absolute atomic E-state index is 13.2. The largest absolute Gasteiger partial charge is 0.434 e. The van der Waals surface area contributed by atoms with Gasteiger partial charge in [0.05, 0.1) is 6.54 Å². The number of benzene rings is 1. The molecule has 1 N–H and O–H groups in total. The Balaban J connectivity index is 1.82. The predicted molar refractivity (Wildman–Crippen MR) is 98.6 cm³/mol. The second-order valence-corrected chi connectivity index (χ2v) is 6.60. The second-order valence-electron chi connectivity index (χ2n) is 6.60. The quantitative estimate of drug-likeness (QED) is 0.724. The zero-order valence-electron chi connectivity index (χ0n) is 15.0. The van der Waals surface area contributed by atoms with E-state index >= 15 is 0 Å². The van der Waals surface area contributed by atoms with Crippen molar-refractivity contribution in [1.82, 2.24) is 24.8 Å². The monoisotopic (exact) mass is 387 g/mol. The van der Waals surface area contributed by atoms with Crippen LogP contribution in [0, 0.1) is 0 Å². The fourth-order valence-electron chi connectivity index (χ4n) is 3.51. The SMILES string of the molecule is O=c1c(C2CCNCC2)nc2nccnc2n1Cc1ccccc1OC(F)F. The maximum atomic E-state index is 13.2. The zero-order valence-corrected chi connectivity index (χ0v) is 15.0. The number of nitrogens with one attached hydrogen (secondary N) is 1. The molecule has 0 radical (unpaired) electrons. The number of aromatic nitrogens is 4. The summed E-state index contributed by atoms with van der Waals surface area (Å²) in [6.45, 7) is -1.28. The summed E-state index contributed by atoms with van der Waals surface area (Å²) in [5.74, 6) is 0.0561. The van der Waals surface area contributed by atoms with Crippen LogP contribution in [0.25, 0.3) is 11.3 Å². The normalized spacial score (nSPS) is 15.2. The van der Waals surface area contributed by atoms with Gasteiger partial charge in [-0.25, -0.2) is 15.0 Å². The van der Waals surface area contributed by atoms with Gasteiger partial charge in [0.15, 0.2) is 11.3 Å². The van der Waals surface area contributed by atoms with E-state index in [9.17, 15) is 13.6 Å². The average Bonchev–Trinajstić information content (AvgIpc) is 2.71. The molecule has 0 amide bonds. The van der Waals surface area contributed by atoms with Gasteiger partial charge >= 0.3 is 6.61 Å². The molecule has 146 valence electrons. The fourth-order valence-corrected chi connectivity index (χ4v) is 3.51. The van der Waals surface area contributed by atoms with Gasteiger partial charge in [0, 0.05) is 23.9 Å². The summed E-state index contributed by atoms with van der Waals surface area (Å²) < 4.78 is 31.6. The third-order valence-corrected chi connectivity index (χ3v) is 4.85. The summed E-state index contributed by atoms with van der Waals surface area (Å²) in [5.41, 5.74) is 1.31. The molecular formula is C19H19F2N5O2. The highest BCUT2D eigenvalue weighted by Gasteiger charge is 2.23. The van der Waals surface area contributed by atoms with E-state index in [1.807, 2.05) is 0 Å². The van der Waals surface area contributed by atoms with Gasteiger partial charge in [0.1, 0.15) is 11.4 Å². The zero-order chi connectivity index (χ0) is 19.5. The molecule has 0 bridgehead atoms. The number of para-hydroxylation sites is 1. The Kier molecular flexibility index (Phi) is 5.25. The van der Waals surface area contributed by atoms with Crippen molar-refractivity contribution in [2.45, 2.75) is 31.9 Å². The fraction of sp³-hybridized carbons (Fsp3) is 0.368. The molecule has 0 saturated carbocycles. The lowest BCUT2D eigenvalue weighted by Crippen LogP contribution is -2.34. The van der Waals surface area contributed by atoms with Crippen LogP contribution < -0.4 is 15.6 Å². The van der Waals surface area contributed by atoms with Crippen LogP contribution in [0.3, 0.4) is 0 Å². The first kappa shape index (κ1) is 18.4. The van der Waals surface area contributed by atoms with Crippen molar-refractivity contribution in [2.24, 2.45) is 0 Å². The molecule has 1 aliphatic rings. The maximum Gasteiger partial charge on any atom is 0.387 e. The lowest BCUT2D eigenvalue weighted by atomic mass is 9.94. The summed E-state index contributed by atoms with van der Waals surface area (Å²) in [6.07, 6.45) is 4.61. The van der Waals surface area contributed by atoms with Crippen LogP contribution >= 0.6 is 0 Å². The Labute approximate surface area is 159 Å². The number of fused-ring (bicyclic) bond motifs is 1. The Morgan fingerprint density at radius 1 is 1.18 bits per heavy atom. The highest BCUT2D eigenvalue weighted by Crippen LogP contribution is 2.24. The third-order valence-electron chi connectivity index (χ3n) is 4.85. The molecule has 3 heterocycles. The van der Waals surface area contributed by atoms with Crippen LogP contribution in [-0.4, -0.2) is 39.2 Å². The second kappa shape index (κ2) is 7.97. The number of hydrogen-bond donors (Lipinski definition) is 1. The van der Waals surface area contributed by atoms with Crippen LogP contribution in [-0.2, 0) is 6.54 Å². The van der Waals surface area contributed by atoms with Crippen molar-refractivity contribution >= 4 is 11.3 Å². The van der Waals surface area contributed by atoms with Gasteiger partial charge < -0.3 is 10.1 Å². The number of halogens is 2. The molecule has 4 rings (SSSR count). The summed E-state index contributed by atoms with van der Waals surface area (Å²) in [6, 6.07) is 6.42. The number of nitrogens with zero attached hydrogens (tertiary/aromatic N) is 4. The van der Waals surface area contributed by atoms with Crippen molar-refractivity contribution in [3.63, 3.8) is 0 Å². The lowest BCUT2D eigenvalue weighted by Gasteiger charge is -2.22. The summed E-state index contributed by atoms with van der Waals surface area (Å²) >= 11 is 0. The number of rotatable bonds is 5.